The highest BCUT2D eigenvalue weighted by Gasteiger charge is 2.17. The Balaban J connectivity index is 3.00. The van der Waals surface area contributed by atoms with Crippen LogP contribution in [0.25, 0.3) is 0 Å². The molecular weight excluding hydrogens is 148 g/mol. The SMILES string of the molecule is NC1=NS(=O)(=O)CS1. The number of rotatable bonds is 0. The van der Waals surface area contributed by atoms with Gasteiger partial charge in [-0.15, -0.1) is 4.40 Å². The first-order valence-electron chi connectivity index (χ1n) is 1.81. The van der Waals surface area contributed by atoms with Crippen LogP contribution >= 0.6 is 11.8 Å². The van der Waals surface area contributed by atoms with Gasteiger partial charge in [0, 0.05) is 0 Å². The van der Waals surface area contributed by atoms with Crippen LogP contribution in [0.2, 0.25) is 0 Å². The summed E-state index contributed by atoms with van der Waals surface area (Å²) in [6.07, 6.45) is 0. The molecule has 46 valence electrons. The lowest BCUT2D eigenvalue weighted by Crippen LogP contribution is -2.01. The van der Waals surface area contributed by atoms with Gasteiger partial charge in [0.2, 0.25) is 0 Å². The number of nitrogens with two attached hydrogens (primary N) is 1. The molecule has 0 aromatic heterocycles. The van der Waals surface area contributed by atoms with Crippen LogP contribution in [0.3, 0.4) is 0 Å². The van der Waals surface area contributed by atoms with Crippen molar-refractivity contribution in [2.24, 2.45) is 10.1 Å². The topological polar surface area (TPSA) is 72.5 Å². The van der Waals surface area contributed by atoms with E-state index in [1.54, 1.807) is 0 Å². The predicted octanol–water partition coefficient (Wildman–Crippen LogP) is -0.665. The number of thioether (sulfide) groups is 1. The van der Waals surface area contributed by atoms with E-state index in [9.17, 15) is 8.42 Å². The number of hydrogen-bond acceptors (Lipinski definition) is 4. The van der Waals surface area contributed by atoms with Crippen molar-refractivity contribution in [1.82, 2.24) is 0 Å². The Labute approximate surface area is 51.2 Å². The molecule has 0 radical (unpaired) electrons. The van der Waals surface area contributed by atoms with Gasteiger partial charge < -0.3 is 5.73 Å². The third kappa shape index (κ3) is 1.13. The largest absolute Gasteiger partial charge is 0.378 e. The Morgan fingerprint density at radius 1 is 1.75 bits per heavy atom. The summed E-state index contributed by atoms with van der Waals surface area (Å²) in [5.41, 5.74) is 5.04. The third-order valence-electron chi connectivity index (χ3n) is 0.585. The highest BCUT2D eigenvalue weighted by Crippen LogP contribution is 2.15. The zero-order chi connectivity index (χ0) is 6.20. The lowest BCUT2D eigenvalue weighted by molar-refractivity contribution is 0.603. The van der Waals surface area contributed by atoms with Crippen molar-refractivity contribution < 1.29 is 8.42 Å². The van der Waals surface area contributed by atoms with Gasteiger partial charge >= 0.3 is 0 Å². The van der Waals surface area contributed by atoms with Gasteiger partial charge in [-0.25, -0.2) is 8.42 Å². The first kappa shape index (κ1) is 5.90. The van der Waals surface area contributed by atoms with Crippen LogP contribution in [0, 0.1) is 0 Å². The predicted molar refractivity (Wildman–Crippen MR) is 33.0 cm³/mol. The van der Waals surface area contributed by atoms with Gasteiger partial charge in [0.25, 0.3) is 10.0 Å². The number of amidine groups is 1. The number of sulfonamides is 1. The molecule has 4 nitrogen and oxygen atoms in total. The van der Waals surface area contributed by atoms with Crippen molar-refractivity contribution in [2.45, 2.75) is 0 Å². The summed E-state index contributed by atoms with van der Waals surface area (Å²) in [5.74, 6) is 0. The fraction of sp³-hybridized carbons (Fsp3) is 0.500. The molecule has 1 rings (SSSR count). The average Bonchev–Trinajstić information content (AvgIpc) is 1.82. The van der Waals surface area contributed by atoms with Gasteiger partial charge in [-0.1, -0.05) is 11.8 Å². The van der Waals surface area contributed by atoms with Gasteiger partial charge in [0.05, 0.1) is 0 Å². The second-order valence-corrected chi connectivity index (χ2v) is 4.27. The highest BCUT2D eigenvalue weighted by molar-refractivity contribution is 8.24. The van der Waals surface area contributed by atoms with Crippen molar-refractivity contribution in [1.29, 1.82) is 0 Å². The summed E-state index contributed by atoms with van der Waals surface area (Å²) in [6.45, 7) is 0. The van der Waals surface area contributed by atoms with Crippen LogP contribution in [0.5, 0.6) is 0 Å². The minimum Gasteiger partial charge on any atom is -0.378 e. The van der Waals surface area contributed by atoms with Gasteiger partial charge in [-0.05, 0) is 0 Å². The summed E-state index contributed by atoms with van der Waals surface area (Å²) >= 11 is 1.04. The molecule has 0 aromatic rings. The van der Waals surface area contributed by atoms with Crippen molar-refractivity contribution in [3.63, 3.8) is 0 Å². The molecule has 1 heterocycles. The van der Waals surface area contributed by atoms with Gasteiger partial charge in [-0.2, -0.15) is 0 Å². The molecule has 0 saturated heterocycles. The van der Waals surface area contributed by atoms with Crippen molar-refractivity contribution in [2.75, 3.05) is 5.08 Å². The molecule has 0 spiro atoms. The van der Waals surface area contributed by atoms with Crippen molar-refractivity contribution in [3.8, 4) is 0 Å². The monoisotopic (exact) mass is 152 g/mol. The van der Waals surface area contributed by atoms with Gasteiger partial charge in [0.1, 0.15) is 5.08 Å². The minimum absolute atomic E-state index is 0.00116. The van der Waals surface area contributed by atoms with Gasteiger partial charge in [0.15, 0.2) is 5.17 Å². The highest BCUT2D eigenvalue weighted by atomic mass is 32.3. The summed E-state index contributed by atoms with van der Waals surface area (Å²) in [7, 11) is -3.17. The van der Waals surface area contributed by atoms with E-state index >= 15 is 0 Å². The summed E-state index contributed by atoms with van der Waals surface area (Å²) < 4.78 is 23.9. The molecule has 0 aliphatic carbocycles. The van der Waals surface area contributed by atoms with Crippen LogP contribution < -0.4 is 5.73 Å². The molecule has 0 bridgehead atoms. The Hall–Kier alpha value is -0.230. The lowest BCUT2D eigenvalue weighted by atomic mass is 11.4. The molecule has 2 N–H and O–H groups in total. The molecule has 8 heavy (non-hydrogen) atoms. The minimum atomic E-state index is -3.17. The van der Waals surface area contributed by atoms with E-state index < -0.39 is 10.0 Å². The average molecular weight is 152 g/mol. The van der Waals surface area contributed by atoms with E-state index in [2.05, 4.69) is 4.40 Å². The maximum absolute atomic E-state index is 10.4. The molecule has 0 amide bonds. The van der Waals surface area contributed by atoms with E-state index in [1.165, 1.54) is 0 Å². The summed E-state index contributed by atoms with van der Waals surface area (Å²) in [6, 6.07) is 0. The van der Waals surface area contributed by atoms with E-state index in [0.717, 1.165) is 11.8 Å². The molecule has 0 saturated carbocycles. The Morgan fingerprint density at radius 3 is 2.50 bits per heavy atom. The van der Waals surface area contributed by atoms with Crippen molar-refractivity contribution >= 4 is 27.0 Å². The lowest BCUT2D eigenvalue weighted by Gasteiger charge is -1.76. The molecule has 0 atom stereocenters. The van der Waals surface area contributed by atoms with E-state index in [4.69, 9.17) is 5.73 Å². The van der Waals surface area contributed by atoms with Crippen LogP contribution in [0.15, 0.2) is 4.40 Å². The van der Waals surface area contributed by atoms with Crippen LogP contribution in [0.1, 0.15) is 0 Å². The fourth-order valence-electron chi connectivity index (χ4n) is 0.325. The normalized spacial score (nSPS) is 25.2. The Bertz CT molecular complexity index is 216. The smallest absolute Gasteiger partial charge is 0.265 e. The molecule has 0 fully saturated rings. The quantitative estimate of drug-likeness (QED) is 0.500. The van der Waals surface area contributed by atoms with Crippen LogP contribution in [-0.2, 0) is 10.0 Å². The standard InChI is InChI=1S/C2H4N2O2S2/c3-2-4-8(5,6)1-7-2/h1H2,(H2,3,4). The third-order valence-corrected chi connectivity index (χ3v) is 3.23. The zero-order valence-corrected chi connectivity index (χ0v) is 5.50. The molecule has 0 unspecified atom stereocenters. The van der Waals surface area contributed by atoms with Gasteiger partial charge in [-0.3, -0.25) is 0 Å². The summed E-state index contributed by atoms with van der Waals surface area (Å²) in [5, 5.41) is 0.142. The second kappa shape index (κ2) is 1.63. The molecule has 0 aromatic carbocycles. The van der Waals surface area contributed by atoms with E-state index in [0.29, 0.717) is 0 Å². The Morgan fingerprint density at radius 2 is 2.38 bits per heavy atom. The number of hydrogen-bond donors (Lipinski definition) is 1. The fourth-order valence-corrected chi connectivity index (χ4v) is 2.44. The summed E-state index contributed by atoms with van der Waals surface area (Å²) in [4.78, 5) is 0. The molecule has 6 heteroatoms. The zero-order valence-electron chi connectivity index (χ0n) is 3.86. The maximum Gasteiger partial charge on any atom is 0.265 e. The number of nitrogens with zero attached hydrogens (tertiary/aromatic N) is 1. The molecule has 1 aliphatic heterocycles. The van der Waals surface area contributed by atoms with E-state index in [-0.39, 0.29) is 10.3 Å². The first-order chi connectivity index (χ1) is 3.60. The van der Waals surface area contributed by atoms with Crippen LogP contribution in [-0.4, -0.2) is 18.7 Å². The molecular formula is C2H4N2O2S2. The second-order valence-electron chi connectivity index (χ2n) is 1.27. The van der Waals surface area contributed by atoms with Crippen molar-refractivity contribution in [3.05, 3.63) is 0 Å². The van der Waals surface area contributed by atoms with Crippen LogP contribution in [0.4, 0.5) is 0 Å². The maximum atomic E-state index is 10.4. The van der Waals surface area contributed by atoms with E-state index in [1.807, 2.05) is 0 Å². The first-order valence-corrected chi connectivity index (χ1v) is 4.40. The Kier molecular flexibility index (Phi) is 1.20. The molecule has 1 aliphatic rings.